The number of hydrogen-bond acceptors (Lipinski definition) is 3. The average molecular weight is 222 g/mol. The summed E-state index contributed by atoms with van der Waals surface area (Å²) in [4.78, 5) is 11.4. The van der Waals surface area contributed by atoms with Gasteiger partial charge in [0.05, 0.1) is 5.41 Å². The van der Waals surface area contributed by atoms with E-state index in [4.69, 9.17) is 9.47 Å². The van der Waals surface area contributed by atoms with Crippen LogP contribution >= 0.6 is 0 Å². The molecule has 0 aliphatic heterocycles. The van der Waals surface area contributed by atoms with Crippen LogP contribution in [0, 0.1) is 5.41 Å². The molecule has 0 bridgehead atoms. The summed E-state index contributed by atoms with van der Waals surface area (Å²) < 4.78 is 10.5. The summed E-state index contributed by atoms with van der Waals surface area (Å²) in [5, 5.41) is 0. The van der Waals surface area contributed by atoms with Gasteiger partial charge < -0.3 is 9.47 Å². The predicted molar refractivity (Wildman–Crippen MR) is 62.4 cm³/mol. The fourth-order valence-electron chi connectivity index (χ4n) is 1.03. The molecule has 0 spiro atoms. The van der Waals surface area contributed by atoms with Crippen molar-refractivity contribution in [2.75, 3.05) is 13.2 Å². The Bertz CT molecular complexity index is 325. The molecular formula is C13H18O3. The molecule has 16 heavy (non-hydrogen) atoms. The molecule has 0 saturated carbocycles. The summed E-state index contributed by atoms with van der Waals surface area (Å²) in [7, 11) is 0. The maximum Gasteiger partial charge on any atom is 0.311 e. The Hall–Kier alpha value is -1.51. The molecule has 0 fully saturated rings. The highest BCUT2D eigenvalue weighted by molar-refractivity contribution is 5.75. The molecule has 0 aromatic heterocycles. The average Bonchev–Trinajstić information content (AvgIpc) is 2.24. The van der Waals surface area contributed by atoms with Crippen LogP contribution < -0.4 is 4.74 Å². The van der Waals surface area contributed by atoms with Gasteiger partial charge in [0.2, 0.25) is 0 Å². The van der Waals surface area contributed by atoms with E-state index in [1.165, 1.54) is 0 Å². The van der Waals surface area contributed by atoms with Crippen LogP contribution in [-0.4, -0.2) is 19.2 Å². The fourth-order valence-corrected chi connectivity index (χ4v) is 1.03. The Kier molecular flexibility index (Phi) is 4.35. The Balaban J connectivity index is 2.20. The number of para-hydroxylation sites is 1. The van der Waals surface area contributed by atoms with Gasteiger partial charge in [-0.3, -0.25) is 4.79 Å². The third-order valence-electron chi connectivity index (χ3n) is 1.94. The van der Waals surface area contributed by atoms with Crippen molar-refractivity contribution in [2.45, 2.75) is 20.8 Å². The van der Waals surface area contributed by atoms with Crippen molar-refractivity contribution in [1.82, 2.24) is 0 Å². The van der Waals surface area contributed by atoms with Crippen molar-refractivity contribution < 1.29 is 14.3 Å². The Morgan fingerprint density at radius 3 is 2.31 bits per heavy atom. The minimum atomic E-state index is -0.452. The summed E-state index contributed by atoms with van der Waals surface area (Å²) in [6.45, 7) is 6.14. The Labute approximate surface area is 96.4 Å². The molecule has 1 rings (SSSR count). The predicted octanol–water partition coefficient (Wildman–Crippen LogP) is 2.65. The third-order valence-corrected chi connectivity index (χ3v) is 1.94. The first-order chi connectivity index (χ1) is 7.50. The second-order valence-corrected chi connectivity index (χ2v) is 4.55. The number of esters is 1. The van der Waals surface area contributed by atoms with Crippen LogP contribution in [0.4, 0.5) is 0 Å². The zero-order chi connectivity index (χ0) is 12.0. The van der Waals surface area contributed by atoms with Gasteiger partial charge in [0.15, 0.2) is 0 Å². The molecule has 0 unspecified atom stereocenters. The molecule has 0 aliphatic carbocycles. The van der Waals surface area contributed by atoms with E-state index in [2.05, 4.69) is 0 Å². The van der Waals surface area contributed by atoms with Crippen LogP contribution in [-0.2, 0) is 9.53 Å². The van der Waals surface area contributed by atoms with Crippen molar-refractivity contribution >= 4 is 5.97 Å². The van der Waals surface area contributed by atoms with Gasteiger partial charge in [0, 0.05) is 0 Å². The van der Waals surface area contributed by atoms with E-state index in [1.807, 2.05) is 51.1 Å². The van der Waals surface area contributed by atoms with Crippen LogP contribution in [0.5, 0.6) is 5.75 Å². The van der Waals surface area contributed by atoms with E-state index >= 15 is 0 Å². The van der Waals surface area contributed by atoms with Gasteiger partial charge in [-0.25, -0.2) is 0 Å². The SMILES string of the molecule is CC(C)(C)C(=O)OCCOc1ccccc1. The lowest BCUT2D eigenvalue weighted by Crippen LogP contribution is -2.24. The largest absolute Gasteiger partial charge is 0.490 e. The van der Waals surface area contributed by atoms with E-state index in [0.29, 0.717) is 6.61 Å². The van der Waals surface area contributed by atoms with E-state index in [9.17, 15) is 4.79 Å². The highest BCUT2D eigenvalue weighted by Gasteiger charge is 2.22. The maximum absolute atomic E-state index is 11.4. The molecule has 0 saturated heterocycles. The number of rotatable bonds is 4. The summed E-state index contributed by atoms with van der Waals surface area (Å²) in [5.74, 6) is 0.582. The highest BCUT2D eigenvalue weighted by Crippen LogP contribution is 2.15. The van der Waals surface area contributed by atoms with Crippen molar-refractivity contribution in [3.05, 3.63) is 30.3 Å². The van der Waals surface area contributed by atoms with Crippen molar-refractivity contribution in [1.29, 1.82) is 0 Å². The van der Waals surface area contributed by atoms with E-state index in [-0.39, 0.29) is 12.6 Å². The highest BCUT2D eigenvalue weighted by atomic mass is 16.6. The number of benzene rings is 1. The topological polar surface area (TPSA) is 35.5 Å². The molecule has 0 N–H and O–H groups in total. The lowest BCUT2D eigenvalue weighted by molar-refractivity contribution is -0.153. The number of ether oxygens (including phenoxy) is 2. The quantitative estimate of drug-likeness (QED) is 0.580. The van der Waals surface area contributed by atoms with Crippen molar-refractivity contribution in [3.8, 4) is 5.75 Å². The van der Waals surface area contributed by atoms with Crippen LogP contribution in [0.25, 0.3) is 0 Å². The first-order valence-corrected chi connectivity index (χ1v) is 5.35. The molecule has 1 aromatic carbocycles. The van der Waals surface area contributed by atoms with Gasteiger partial charge in [0.1, 0.15) is 19.0 Å². The van der Waals surface area contributed by atoms with Gasteiger partial charge >= 0.3 is 5.97 Å². The summed E-state index contributed by atoms with van der Waals surface area (Å²) in [6, 6.07) is 9.46. The number of hydrogen-bond donors (Lipinski definition) is 0. The minimum Gasteiger partial charge on any atom is -0.490 e. The molecule has 0 radical (unpaired) electrons. The van der Waals surface area contributed by atoms with E-state index in [0.717, 1.165) is 5.75 Å². The molecule has 3 nitrogen and oxygen atoms in total. The monoisotopic (exact) mass is 222 g/mol. The van der Waals surface area contributed by atoms with Gasteiger partial charge in [-0.05, 0) is 32.9 Å². The zero-order valence-electron chi connectivity index (χ0n) is 10.0. The fraction of sp³-hybridized carbons (Fsp3) is 0.462. The smallest absolute Gasteiger partial charge is 0.311 e. The van der Waals surface area contributed by atoms with Crippen LogP contribution in [0.15, 0.2) is 30.3 Å². The first kappa shape index (κ1) is 12.6. The first-order valence-electron chi connectivity index (χ1n) is 5.35. The third kappa shape index (κ3) is 4.34. The second kappa shape index (κ2) is 5.54. The Morgan fingerprint density at radius 1 is 1.12 bits per heavy atom. The maximum atomic E-state index is 11.4. The van der Waals surface area contributed by atoms with Gasteiger partial charge in [-0.15, -0.1) is 0 Å². The van der Waals surface area contributed by atoms with E-state index < -0.39 is 5.41 Å². The molecule has 0 atom stereocenters. The molecule has 0 amide bonds. The summed E-state index contributed by atoms with van der Waals surface area (Å²) >= 11 is 0. The molecule has 1 aromatic rings. The van der Waals surface area contributed by atoms with Gasteiger partial charge in [-0.1, -0.05) is 18.2 Å². The van der Waals surface area contributed by atoms with E-state index in [1.54, 1.807) is 0 Å². The Morgan fingerprint density at radius 2 is 1.75 bits per heavy atom. The van der Waals surface area contributed by atoms with Crippen molar-refractivity contribution in [3.63, 3.8) is 0 Å². The summed E-state index contributed by atoms with van der Waals surface area (Å²) in [6.07, 6.45) is 0. The number of carbonyl (C=O) groups is 1. The lowest BCUT2D eigenvalue weighted by Gasteiger charge is -2.16. The van der Waals surface area contributed by atoms with Gasteiger partial charge in [-0.2, -0.15) is 0 Å². The lowest BCUT2D eigenvalue weighted by atomic mass is 9.97. The molecule has 88 valence electrons. The zero-order valence-corrected chi connectivity index (χ0v) is 10.0. The van der Waals surface area contributed by atoms with Crippen LogP contribution in [0.3, 0.4) is 0 Å². The standard InChI is InChI=1S/C13H18O3/c1-13(2,3)12(14)16-10-9-15-11-7-5-4-6-8-11/h4-8H,9-10H2,1-3H3. The van der Waals surface area contributed by atoms with Crippen molar-refractivity contribution in [2.24, 2.45) is 5.41 Å². The molecule has 0 aliphatic rings. The number of carbonyl (C=O) groups excluding carboxylic acids is 1. The second-order valence-electron chi connectivity index (χ2n) is 4.55. The molecule has 0 heterocycles. The summed E-state index contributed by atoms with van der Waals surface area (Å²) in [5.41, 5.74) is -0.452. The molecule has 3 heteroatoms. The van der Waals surface area contributed by atoms with Crippen LogP contribution in [0.2, 0.25) is 0 Å². The minimum absolute atomic E-state index is 0.204. The molecular weight excluding hydrogens is 204 g/mol. The van der Waals surface area contributed by atoms with Crippen LogP contribution in [0.1, 0.15) is 20.8 Å². The normalized spacial score (nSPS) is 10.9. The van der Waals surface area contributed by atoms with Gasteiger partial charge in [0.25, 0.3) is 0 Å².